The predicted octanol–water partition coefficient (Wildman–Crippen LogP) is -0.306. The molecule has 0 fully saturated rings. The van der Waals surface area contributed by atoms with Gasteiger partial charge in [0.25, 0.3) is 0 Å². The fraction of sp³-hybridized carbons (Fsp3) is 0.923. The average molecular weight is 371 g/mol. The lowest BCUT2D eigenvalue weighted by Crippen LogP contribution is -2.43. The summed E-state index contributed by atoms with van der Waals surface area (Å²) >= 11 is 0. The molecule has 0 spiro atoms. The molecular weight excluding hydrogens is 340 g/mol. The van der Waals surface area contributed by atoms with E-state index in [9.17, 15) is 16.8 Å². The second kappa shape index (κ2) is 10.8. The third kappa shape index (κ3) is 13.3. The predicted molar refractivity (Wildman–Crippen MR) is 95.0 cm³/mol. The van der Waals surface area contributed by atoms with Gasteiger partial charge in [0.2, 0.25) is 10.0 Å². The summed E-state index contributed by atoms with van der Waals surface area (Å²) in [5.74, 6) is 0.796. The van der Waals surface area contributed by atoms with Crippen molar-refractivity contribution in [1.29, 1.82) is 0 Å². The van der Waals surface area contributed by atoms with Gasteiger partial charge < -0.3 is 10.6 Å². The van der Waals surface area contributed by atoms with Crippen LogP contribution in [0.3, 0.4) is 0 Å². The van der Waals surface area contributed by atoms with Crippen LogP contribution in [0.2, 0.25) is 0 Å². The van der Waals surface area contributed by atoms with Crippen LogP contribution in [-0.2, 0) is 19.9 Å². The molecule has 0 saturated heterocycles. The lowest BCUT2D eigenvalue weighted by atomic mass is 10.3. The first-order valence-electron chi connectivity index (χ1n) is 7.79. The molecule has 0 heterocycles. The summed E-state index contributed by atoms with van der Waals surface area (Å²) in [6, 6.07) is -0.0267. The molecule has 0 radical (unpaired) electrons. The smallest absolute Gasteiger partial charge is 0.211 e. The number of aliphatic imine (C=N–C) groups is 1. The number of nitrogens with zero attached hydrogens (tertiary/aromatic N) is 1. The Morgan fingerprint density at radius 2 is 1.83 bits per heavy atom. The third-order valence-corrected chi connectivity index (χ3v) is 5.34. The number of sulfonamides is 1. The standard InChI is InChI=1S/C13H30N4O4S2/c1-5-14-13(17-12(3)8-11-22(4,18)19)15-9-7-10-16-23(20,21)6-2/h12,16H,5-11H2,1-4H3,(H2,14,15,17). The van der Waals surface area contributed by atoms with Crippen LogP contribution >= 0.6 is 0 Å². The van der Waals surface area contributed by atoms with Crippen molar-refractivity contribution in [1.82, 2.24) is 15.4 Å². The van der Waals surface area contributed by atoms with E-state index in [2.05, 4.69) is 20.3 Å². The molecule has 0 aliphatic rings. The molecule has 8 nitrogen and oxygen atoms in total. The molecular formula is C13H30N4O4S2. The van der Waals surface area contributed by atoms with Gasteiger partial charge in [-0.05, 0) is 33.6 Å². The zero-order chi connectivity index (χ0) is 17.9. The molecule has 0 aromatic heterocycles. The molecule has 10 heteroatoms. The molecule has 0 aliphatic carbocycles. The van der Waals surface area contributed by atoms with Gasteiger partial charge in [-0.3, -0.25) is 4.99 Å². The Labute approximate surface area is 140 Å². The Kier molecular flexibility index (Phi) is 10.4. The van der Waals surface area contributed by atoms with Crippen molar-refractivity contribution in [2.75, 3.05) is 37.4 Å². The third-order valence-electron chi connectivity index (χ3n) is 2.96. The first-order chi connectivity index (χ1) is 10.6. The molecule has 23 heavy (non-hydrogen) atoms. The van der Waals surface area contributed by atoms with E-state index in [1.165, 1.54) is 6.26 Å². The Hall–Kier alpha value is -0.870. The van der Waals surface area contributed by atoms with Crippen molar-refractivity contribution in [2.45, 2.75) is 39.7 Å². The van der Waals surface area contributed by atoms with Crippen LogP contribution in [0.5, 0.6) is 0 Å². The van der Waals surface area contributed by atoms with E-state index in [1.807, 2.05) is 13.8 Å². The second-order valence-corrected chi connectivity index (χ2v) is 9.73. The highest BCUT2D eigenvalue weighted by Crippen LogP contribution is 1.95. The highest BCUT2D eigenvalue weighted by atomic mass is 32.2. The van der Waals surface area contributed by atoms with Gasteiger partial charge in [-0.25, -0.2) is 21.6 Å². The summed E-state index contributed by atoms with van der Waals surface area (Å²) < 4.78 is 47.4. The highest BCUT2D eigenvalue weighted by molar-refractivity contribution is 7.90. The molecule has 0 bridgehead atoms. The van der Waals surface area contributed by atoms with Gasteiger partial charge in [0.1, 0.15) is 9.84 Å². The summed E-state index contributed by atoms with van der Waals surface area (Å²) in [5, 5.41) is 6.22. The van der Waals surface area contributed by atoms with Gasteiger partial charge in [-0.15, -0.1) is 0 Å². The van der Waals surface area contributed by atoms with Gasteiger partial charge in [0.05, 0.1) is 11.5 Å². The quantitative estimate of drug-likeness (QED) is 0.261. The fourth-order valence-corrected chi connectivity index (χ4v) is 3.06. The van der Waals surface area contributed by atoms with Crippen LogP contribution in [0.15, 0.2) is 4.99 Å². The van der Waals surface area contributed by atoms with Crippen molar-refractivity contribution < 1.29 is 16.8 Å². The number of sulfone groups is 1. The second-order valence-electron chi connectivity index (χ2n) is 5.38. The van der Waals surface area contributed by atoms with Crippen LogP contribution in [0.25, 0.3) is 0 Å². The van der Waals surface area contributed by atoms with Crippen molar-refractivity contribution >= 4 is 25.8 Å². The summed E-state index contributed by atoms with van der Waals surface area (Å²) in [6.07, 6.45) is 2.31. The lowest BCUT2D eigenvalue weighted by Gasteiger charge is -2.17. The number of rotatable bonds is 11. The van der Waals surface area contributed by atoms with E-state index in [-0.39, 0.29) is 17.5 Å². The van der Waals surface area contributed by atoms with Crippen LogP contribution in [0.1, 0.15) is 33.6 Å². The van der Waals surface area contributed by atoms with E-state index < -0.39 is 19.9 Å². The lowest BCUT2D eigenvalue weighted by molar-refractivity contribution is 0.577. The molecule has 0 aliphatic heterocycles. The van der Waals surface area contributed by atoms with E-state index in [0.717, 1.165) is 0 Å². The van der Waals surface area contributed by atoms with Crippen molar-refractivity contribution in [3.8, 4) is 0 Å². The summed E-state index contributed by atoms with van der Waals surface area (Å²) in [7, 11) is -6.13. The Balaban J connectivity index is 4.27. The Morgan fingerprint density at radius 3 is 2.35 bits per heavy atom. The van der Waals surface area contributed by atoms with Crippen molar-refractivity contribution in [2.24, 2.45) is 4.99 Å². The maximum atomic E-state index is 11.3. The zero-order valence-corrected chi connectivity index (χ0v) is 16.1. The Morgan fingerprint density at radius 1 is 1.17 bits per heavy atom. The van der Waals surface area contributed by atoms with E-state index in [0.29, 0.717) is 38.4 Å². The normalized spacial score (nSPS) is 14.5. The molecule has 0 aromatic carbocycles. The van der Waals surface area contributed by atoms with Gasteiger partial charge >= 0.3 is 0 Å². The average Bonchev–Trinajstić information content (AvgIpc) is 2.44. The number of guanidine groups is 1. The first kappa shape index (κ1) is 22.1. The number of hydrogen-bond donors (Lipinski definition) is 3. The zero-order valence-electron chi connectivity index (χ0n) is 14.4. The maximum Gasteiger partial charge on any atom is 0.211 e. The Bertz CT molecular complexity index is 559. The maximum absolute atomic E-state index is 11.3. The molecule has 138 valence electrons. The molecule has 1 atom stereocenters. The molecule has 3 N–H and O–H groups in total. The molecule has 0 amide bonds. The number of hydrogen-bond acceptors (Lipinski definition) is 5. The van der Waals surface area contributed by atoms with Gasteiger partial charge in [-0.1, -0.05) is 0 Å². The van der Waals surface area contributed by atoms with Crippen molar-refractivity contribution in [3.05, 3.63) is 0 Å². The van der Waals surface area contributed by atoms with Crippen LogP contribution in [0, 0.1) is 0 Å². The SMILES string of the molecule is CCNC(=NCCCNS(=O)(=O)CC)NC(C)CCS(C)(=O)=O. The van der Waals surface area contributed by atoms with Gasteiger partial charge in [0, 0.05) is 31.9 Å². The van der Waals surface area contributed by atoms with Gasteiger partial charge in [0.15, 0.2) is 5.96 Å². The van der Waals surface area contributed by atoms with E-state index in [4.69, 9.17) is 0 Å². The van der Waals surface area contributed by atoms with E-state index >= 15 is 0 Å². The molecule has 0 aromatic rings. The highest BCUT2D eigenvalue weighted by Gasteiger charge is 2.09. The van der Waals surface area contributed by atoms with Crippen LogP contribution in [0.4, 0.5) is 0 Å². The van der Waals surface area contributed by atoms with Crippen LogP contribution in [-0.4, -0.2) is 66.2 Å². The van der Waals surface area contributed by atoms with E-state index in [1.54, 1.807) is 6.92 Å². The first-order valence-corrected chi connectivity index (χ1v) is 11.5. The van der Waals surface area contributed by atoms with Crippen LogP contribution < -0.4 is 15.4 Å². The number of nitrogens with one attached hydrogen (secondary N) is 3. The molecule has 0 saturated carbocycles. The van der Waals surface area contributed by atoms with Gasteiger partial charge in [-0.2, -0.15) is 0 Å². The summed E-state index contributed by atoms with van der Waals surface area (Å²) in [6.45, 7) is 6.93. The minimum atomic E-state index is -3.16. The minimum Gasteiger partial charge on any atom is -0.357 e. The summed E-state index contributed by atoms with van der Waals surface area (Å²) in [5.41, 5.74) is 0. The topological polar surface area (TPSA) is 117 Å². The summed E-state index contributed by atoms with van der Waals surface area (Å²) in [4.78, 5) is 4.35. The van der Waals surface area contributed by atoms with Crippen molar-refractivity contribution in [3.63, 3.8) is 0 Å². The molecule has 1 unspecified atom stereocenters. The minimum absolute atomic E-state index is 0.0267. The fourth-order valence-electron chi connectivity index (χ4n) is 1.62. The largest absolute Gasteiger partial charge is 0.357 e. The molecule has 0 rings (SSSR count). The monoisotopic (exact) mass is 370 g/mol.